The molecule has 0 saturated heterocycles. The molecule has 0 spiro atoms. The molecule has 0 atom stereocenters. The van der Waals surface area contributed by atoms with Crippen LogP contribution < -0.4 is 10.6 Å². The molecule has 2 N–H and O–H groups in total. The van der Waals surface area contributed by atoms with Crippen molar-refractivity contribution in [2.45, 2.75) is 19.4 Å². The molecule has 0 unspecified atom stereocenters. The maximum atomic E-state index is 13.6. The van der Waals surface area contributed by atoms with Crippen molar-refractivity contribution in [2.24, 2.45) is 0 Å². The molecule has 5 rings (SSSR count). The van der Waals surface area contributed by atoms with Crippen LogP contribution >= 0.6 is 0 Å². The minimum absolute atomic E-state index is 0.00578. The van der Waals surface area contributed by atoms with Gasteiger partial charge in [-0.3, -0.25) is 19.7 Å². The quantitative estimate of drug-likeness (QED) is 0.170. The number of amides is 2. The summed E-state index contributed by atoms with van der Waals surface area (Å²) in [6.45, 7) is 3.78. The fourth-order valence-corrected chi connectivity index (χ4v) is 4.85. The molecule has 0 bridgehead atoms. The monoisotopic (exact) mass is 551 g/mol. The summed E-state index contributed by atoms with van der Waals surface area (Å²) < 4.78 is 19.5. The smallest absolute Gasteiger partial charge is 0.289 e. The Bertz CT molecular complexity index is 1790. The van der Waals surface area contributed by atoms with Crippen molar-refractivity contribution in [1.29, 1.82) is 0 Å². The summed E-state index contributed by atoms with van der Waals surface area (Å²) in [7, 11) is 1.41. The minimum Gasteiger partial charge on any atom is -0.455 e. The van der Waals surface area contributed by atoms with Crippen molar-refractivity contribution in [2.75, 3.05) is 7.05 Å². The summed E-state index contributed by atoms with van der Waals surface area (Å²) in [4.78, 5) is 38.3. The largest absolute Gasteiger partial charge is 0.455 e. The van der Waals surface area contributed by atoms with Crippen LogP contribution in [0.4, 0.5) is 10.1 Å². The number of nitro groups is 1. The van der Waals surface area contributed by atoms with Gasteiger partial charge in [-0.05, 0) is 73.5 Å². The molecule has 0 aliphatic rings. The van der Waals surface area contributed by atoms with Crippen LogP contribution in [-0.2, 0) is 5.54 Å². The van der Waals surface area contributed by atoms with Gasteiger partial charge < -0.3 is 15.1 Å². The maximum Gasteiger partial charge on any atom is 0.289 e. The van der Waals surface area contributed by atoms with Gasteiger partial charge in [0.2, 0.25) is 0 Å². The normalized spacial score (nSPS) is 11.3. The van der Waals surface area contributed by atoms with Gasteiger partial charge in [-0.2, -0.15) is 0 Å². The van der Waals surface area contributed by atoms with E-state index in [2.05, 4.69) is 10.6 Å². The Morgan fingerprint density at radius 2 is 1.59 bits per heavy atom. The lowest BCUT2D eigenvalue weighted by Gasteiger charge is -2.27. The van der Waals surface area contributed by atoms with Crippen LogP contribution in [0.15, 0.2) is 95.4 Å². The molecular formula is C32H26FN3O5. The van der Waals surface area contributed by atoms with E-state index in [1.165, 1.54) is 37.4 Å². The first-order valence-electron chi connectivity index (χ1n) is 12.8. The van der Waals surface area contributed by atoms with Crippen LogP contribution in [-0.4, -0.2) is 23.8 Å². The van der Waals surface area contributed by atoms with Crippen LogP contribution in [0.5, 0.6) is 0 Å². The first kappa shape index (κ1) is 27.3. The average molecular weight is 552 g/mol. The molecule has 5 aromatic rings. The summed E-state index contributed by atoms with van der Waals surface area (Å²) in [6.07, 6.45) is 0. The fraction of sp³-hybridized carbons (Fsp3) is 0.125. The molecule has 1 aromatic heterocycles. The Labute approximate surface area is 235 Å². The highest BCUT2D eigenvalue weighted by Crippen LogP contribution is 2.43. The number of hydrogen-bond acceptors (Lipinski definition) is 5. The average Bonchev–Trinajstić information content (AvgIpc) is 3.36. The highest BCUT2D eigenvalue weighted by molar-refractivity contribution is 6.15. The Balaban J connectivity index is 1.63. The van der Waals surface area contributed by atoms with Gasteiger partial charge in [0.05, 0.1) is 16.0 Å². The fourth-order valence-electron chi connectivity index (χ4n) is 4.85. The van der Waals surface area contributed by atoms with Gasteiger partial charge in [0.1, 0.15) is 28.1 Å². The maximum absolute atomic E-state index is 13.6. The Morgan fingerprint density at radius 3 is 2.24 bits per heavy atom. The molecule has 0 aliphatic heterocycles. The van der Waals surface area contributed by atoms with Gasteiger partial charge in [-0.15, -0.1) is 0 Å². The van der Waals surface area contributed by atoms with E-state index in [0.29, 0.717) is 16.7 Å². The van der Waals surface area contributed by atoms with Crippen molar-refractivity contribution >= 4 is 28.5 Å². The second-order valence-corrected chi connectivity index (χ2v) is 10.0. The van der Waals surface area contributed by atoms with Crippen molar-refractivity contribution in [3.63, 3.8) is 0 Å². The number of nitro benzene ring substituents is 1. The predicted octanol–water partition coefficient (Wildman–Crippen LogP) is 6.84. The molecule has 0 saturated carbocycles. The third-order valence-electron chi connectivity index (χ3n) is 6.93. The molecule has 2 amide bonds. The molecule has 8 nitrogen and oxygen atoms in total. The molecule has 0 aliphatic carbocycles. The van der Waals surface area contributed by atoms with Crippen molar-refractivity contribution in [3.8, 4) is 22.5 Å². The third-order valence-corrected chi connectivity index (χ3v) is 6.93. The number of carbonyl (C=O) groups excluding carboxylic acids is 2. The molecule has 0 radical (unpaired) electrons. The van der Waals surface area contributed by atoms with Gasteiger partial charge in [0.15, 0.2) is 0 Å². The summed E-state index contributed by atoms with van der Waals surface area (Å²) in [5.41, 5.74) is 1.30. The van der Waals surface area contributed by atoms with Crippen LogP contribution in [0.3, 0.4) is 0 Å². The summed E-state index contributed by atoms with van der Waals surface area (Å²) >= 11 is 0. The Kier molecular flexibility index (Phi) is 7.11. The van der Waals surface area contributed by atoms with Crippen molar-refractivity contribution in [3.05, 3.63) is 124 Å². The predicted molar refractivity (Wildman–Crippen MR) is 154 cm³/mol. The van der Waals surface area contributed by atoms with Gasteiger partial charge in [0, 0.05) is 18.2 Å². The Hall–Kier alpha value is -5.31. The number of nitrogens with zero attached hydrogens (tertiary/aromatic N) is 1. The SMILES string of the molecule is CNC(=O)c1c(-c2ccc(F)cc2)oc2ccc(-c3cccc(C(=O)NC(C)(C)c4ccccc4)c3)c([N+](=O)[O-])c12. The highest BCUT2D eigenvalue weighted by Gasteiger charge is 2.31. The summed E-state index contributed by atoms with van der Waals surface area (Å²) in [6, 6.07) is 24.4. The zero-order valence-corrected chi connectivity index (χ0v) is 22.5. The van der Waals surface area contributed by atoms with E-state index in [9.17, 15) is 24.1 Å². The standard InChI is InChI=1S/C32H26FN3O5/c1-32(2,22-10-5-4-6-11-22)35-30(37)21-9-7-8-20(18-21)24-16-17-25-26(28(24)36(39)40)27(31(38)34-3)29(41-25)19-12-14-23(33)15-13-19/h4-18H,1-3H3,(H,34,38)(H,35,37). The van der Waals surface area contributed by atoms with E-state index >= 15 is 0 Å². The van der Waals surface area contributed by atoms with E-state index < -0.39 is 22.2 Å². The molecule has 41 heavy (non-hydrogen) atoms. The molecule has 1 heterocycles. The number of nitrogens with one attached hydrogen (secondary N) is 2. The van der Waals surface area contributed by atoms with Crippen molar-refractivity contribution in [1.82, 2.24) is 10.6 Å². The van der Waals surface area contributed by atoms with E-state index in [-0.39, 0.29) is 39.5 Å². The van der Waals surface area contributed by atoms with Crippen LogP contribution in [0.25, 0.3) is 33.4 Å². The lowest BCUT2D eigenvalue weighted by atomic mass is 9.93. The first-order valence-corrected chi connectivity index (χ1v) is 12.8. The second-order valence-electron chi connectivity index (χ2n) is 10.0. The van der Waals surface area contributed by atoms with E-state index in [0.717, 1.165) is 5.56 Å². The molecule has 0 fully saturated rings. The molecule has 9 heteroatoms. The van der Waals surface area contributed by atoms with Crippen molar-refractivity contribution < 1.29 is 23.3 Å². The lowest BCUT2D eigenvalue weighted by Crippen LogP contribution is -2.40. The van der Waals surface area contributed by atoms with Crippen LogP contribution in [0, 0.1) is 15.9 Å². The number of benzene rings is 4. The number of halogens is 1. The second kappa shape index (κ2) is 10.7. The van der Waals surface area contributed by atoms with Gasteiger partial charge in [0.25, 0.3) is 17.5 Å². The summed E-state index contributed by atoms with van der Waals surface area (Å²) in [5, 5.41) is 18.1. The van der Waals surface area contributed by atoms with Gasteiger partial charge >= 0.3 is 0 Å². The number of carbonyl (C=O) groups is 2. The molecular weight excluding hydrogens is 525 g/mol. The third kappa shape index (κ3) is 5.17. The van der Waals surface area contributed by atoms with Gasteiger partial charge in [-0.1, -0.05) is 42.5 Å². The topological polar surface area (TPSA) is 114 Å². The number of rotatable bonds is 7. The number of furan rings is 1. The molecule has 206 valence electrons. The zero-order valence-electron chi connectivity index (χ0n) is 22.5. The first-order chi connectivity index (χ1) is 19.6. The number of fused-ring (bicyclic) bond motifs is 1. The van der Waals surface area contributed by atoms with E-state index in [1.807, 2.05) is 44.2 Å². The minimum atomic E-state index is -0.671. The highest BCUT2D eigenvalue weighted by atomic mass is 19.1. The van der Waals surface area contributed by atoms with E-state index in [4.69, 9.17) is 4.42 Å². The molecule has 4 aromatic carbocycles. The van der Waals surface area contributed by atoms with E-state index in [1.54, 1.807) is 30.3 Å². The van der Waals surface area contributed by atoms with Crippen LogP contribution in [0.1, 0.15) is 40.1 Å². The summed E-state index contributed by atoms with van der Waals surface area (Å²) in [5.74, 6) is -1.34. The lowest BCUT2D eigenvalue weighted by molar-refractivity contribution is -0.382. The van der Waals surface area contributed by atoms with Gasteiger partial charge in [-0.25, -0.2) is 4.39 Å². The zero-order chi connectivity index (χ0) is 29.3. The Morgan fingerprint density at radius 1 is 0.878 bits per heavy atom. The van der Waals surface area contributed by atoms with Crippen LogP contribution in [0.2, 0.25) is 0 Å². The number of hydrogen-bond donors (Lipinski definition) is 2.